The molecule has 1 radical (unpaired) electrons. The molecular formula is C4H5Cl2O2. The first-order valence-electron chi connectivity index (χ1n) is 1.93. The largest absolute Gasteiger partial charge is 0.338 e. The van der Waals surface area contributed by atoms with Crippen LogP contribution in [0.1, 0.15) is 6.92 Å². The summed E-state index contributed by atoms with van der Waals surface area (Å²) >= 11 is 10.6. The standard InChI is InChI=1S/C4H5Cl2O2/c1-4(5,6)8-3-2-7/h3H2,1H3. The zero-order valence-corrected chi connectivity index (χ0v) is 5.79. The van der Waals surface area contributed by atoms with Crippen molar-refractivity contribution in [2.75, 3.05) is 6.61 Å². The molecule has 0 aliphatic rings. The highest BCUT2D eigenvalue weighted by atomic mass is 35.5. The van der Waals surface area contributed by atoms with Crippen molar-refractivity contribution in [3.8, 4) is 0 Å². The van der Waals surface area contributed by atoms with Gasteiger partial charge in [0.05, 0.1) is 0 Å². The lowest BCUT2D eigenvalue weighted by Gasteiger charge is -2.10. The Morgan fingerprint density at radius 2 is 2.25 bits per heavy atom. The van der Waals surface area contributed by atoms with Crippen LogP contribution in [-0.4, -0.2) is 17.4 Å². The van der Waals surface area contributed by atoms with E-state index in [0.717, 1.165) is 0 Å². The minimum Gasteiger partial charge on any atom is -0.338 e. The number of carbonyl (C=O) groups excluding carboxylic acids is 1. The first kappa shape index (κ1) is 8.21. The summed E-state index contributed by atoms with van der Waals surface area (Å²) in [5, 5.41) is 0. The van der Waals surface area contributed by atoms with Gasteiger partial charge in [-0.15, -0.1) is 0 Å². The third-order valence-electron chi connectivity index (χ3n) is 0.385. The van der Waals surface area contributed by atoms with Crippen molar-refractivity contribution in [2.24, 2.45) is 0 Å². The Morgan fingerprint density at radius 3 is 2.38 bits per heavy atom. The zero-order valence-electron chi connectivity index (χ0n) is 4.28. The molecule has 0 amide bonds. The van der Waals surface area contributed by atoms with Crippen LogP contribution in [0, 0.1) is 0 Å². The van der Waals surface area contributed by atoms with Gasteiger partial charge in [0.25, 0.3) is 0 Å². The molecule has 0 aromatic heterocycles. The van der Waals surface area contributed by atoms with E-state index in [2.05, 4.69) is 4.74 Å². The highest BCUT2D eigenvalue weighted by molar-refractivity contribution is 6.46. The van der Waals surface area contributed by atoms with Crippen molar-refractivity contribution in [2.45, 2.75) is 11.4 Å². The molecule has 0 aromatic rings. The second kappa shape index (κ2) is 3.28. The molecule has 0 spiro atoms. The molecule has 0 atom stereocenters. The molecule has 8 heavy (non-hydrogen) atoms. The minimum absolute atomic E-state index is 0.191. The van der Waals surface area contributed by atoms with Gasteiger partial charge in [0.2, 0.25) is 10.8 Å². The maximum Gasteiger partial charge on any atom is 0.226 e. The Kier molecular flexibility index (Phi) is 3.36. The van der Waals surface area contributed by atoms with Crippen LogP contribution < -0.4 is 0 Å². The van der Waals surface area contributed by atoms with Crippen LogP contribution >= 0.6 is 23.2 Å². The SMILES string of the molecule is CC(Cl)(Cl)OC[C]=O. The van der Waals surface area contributed by atoms with Crippen LogP contribution in [0.3, 0.4) is 0 Å². The first-order valence-corrected chi connectivity index (χ1v) is 2.68. The molecule has 0 bridgehead atoms. The fraction of sp³-hybridized carbons (Fsp3) is 0.750. The molecule has 0 aliphatic heterocycles. The quantitative estimate of drug-likeness (QED) is 0.575. The summed E-state index contributed by atoms with van der Waals surface area (Å²) in [6.45, 7) is 1.23. The minimum atomic E-state index is -1.27. The summed E-state index contributed by atoms with van der Waals surface area (Å²) in [4.78, 5) is 9.48. The molecule has 0 heterocycles. The average molecular weight is 156 g/mol. The number of alkyl halides is 2. The van der Waals surface area contributed by atoms with Gasteiger partial charge in [-0.2, -0.15) is 0 Å². The molecular weight excluding hydrogens is 151 g/mol. The molecule has 0 fully saturated rings. The summed E-state index contributed by atoms with van der Waals surface area (Å²) in [6, 6.07) is 0. The number of halogens is 2. The summed E-state index contributed by atoms with van der Waals surface area (Å²) in [7, 11) is 0. The van der Waals surface area contributed by atoms with Crippen LogP contribution in [0.4, 0.5) is 0 Å². The molecule has 0 rings (SSSR count). The van der Waals surface area contributed by atoms with Crippen LogP contribution in [0.25, 0.3) is 0 Å². The van der Waals surface area contributed by atoms with Gasteiger partial charge in [-0.05, 0) is 6.92 Å². The molecule has 2 nitrogen and oxygen atoms in total. The maximum atomic E-state index is 9.48. The van der Waals surface area contributed by atoms with Gasteiger partial charge in [0.15, 0.2) is 0 Å². The van der Waals surface area contributed by atoms with E-state index < -0.39 is 4.52 Å². The molecule has 0 aliphatic carbocycles. The Balaban J connectivity index is 3.24. The molecule has 0 unspecified atom stereocenters. The van der Waals surface area contributed by atoms with E-state index in [1.165, 1.54) is 13.2 Å². The monoisotopic (exact) mass is 155 g/mol. The second-order valence-electron chi connectivity index (χ2n) is 1.24. The summed E-state index contributed by atoms with van der Waals surface area (Å²) in [5.41, 5.74) is 0. The number of hydrogen-bond acceptors (Lipinski definition) is 2. The number of ether oxygens (including phenoxy) is 1. The number of hydrogen-bond donors (Lipinski definition) is 0. The Hall–Kier alpha value is 0.210. The van der Waals surface area contributed by atoms with Gasteiger partial charge in [0.1, 0.15) is 6.61 Å². The number of rotatable bonds is 3. The lowest BCUT2D eigenvalue weighted by atomic mass is 10.8. The van der Waals surface area contributed by atoms with Gasteiger partial charge >= 0.3 is 0 Å². The van der Waals surface area contributed by atoms with Crippen molar-refractivity contribution in [1.29, 1.82) is 0 Å². The highest BCUT2D eigenvalue weighted by Crippen LogP contribution is 2.19. The third-order valence-corrected chi connectivity index (χ3v) is 0.603. The Labute approximate surface area is 57.7 Å². The molecule has 0 aromatic carbocycles. The lowest BCUT2D eigenvalue weighted by molar-refractivity contribution is 0.122. The van der Waals surface area contributed by atoms with Gasteiger partial charge in [-0.25, -0.2) is 0 Å². The van der Waals surface area contributed by atoms with Gasteiger partial charge < -0.3 is 4.74 Å². The van der Waals surface area contributed by atoms with E-state index in [1.807, 2.05) is 0 Å². The average Bonchev–Trinajstić information content (AvgIpc) is 1.59. The van der Waals surface area contributed by atoms with Crippen molar-refractivity contribution in [1.82, 2.24) is 0 Å². The van der Waals surface area contributed by atoms with Gasteiger partial charge in [-0.3, -0.25) is 4.79 Å². The fourth-order valence-electron chi connectivity index (χ4n) is 0.156. The highest BCUT2D eigenvalue weighted by Gasteiger charge is 2.15. The van der Waals surface area contributed by atoms with E-state index in [-0.39, 0.29) is 6.61 Å². The predicted octanol–water partition coefficient (Wildman–Crippen LogP) is 1.26. The first-order chi connectivity index (χ1) is 3.56. The van der Waals surface area contributed by atoms with E-state index in [4.69, 9.17) is 23.2 Å². The van der Waals surface area contributed by atoms with Gasteiger partial charge in [0, 0.05) is 0 Å². The van der Waals surface area contributed by atoms with Crippen LogP contribution in [0.5, 0.6) is 0 Å². The normalized spacial score (nSPS) is 11.4. The second-order valence-corrected chi connectivity index (χ2v) is 2.88. The van der Waals surface area contributed by atoms with Gasteiger partial charge in [-0.1, -0.05) is 23.2 Å². The Morgan fingerprint density at radius 1 is 1.75 bits per heavy atom. The molecule has 0 saturated heterocycles. The maximum absolute atomic E-state index is 9.48. The molecule has 47 valence electrons. The summed E-state index contributed by atoms with van der Waals surface area (Å²) in [5.74, 6) is 0. The van der Waals surface area contributed by atoms with E-state index in [1.54, 1.807) is 0 Å². The smallest absolute Gasteiger partial charge is 0.226 e. The zero-order chi connectivity index (χ0) is 6.62. The summed E-state index contributed by atoms with van der Waals surface area (Å²) in [6.07, 6.45) is 1.48. The lowest BCUT2D eigenvalue weighted by Crippen LogP contribution is -2.13. The topological polar surface area (TPSA) is 26.3 Å². The van der Waals surface area contributed by atoms with Crippen molar-refractivity contribution >= 4 is 29.5 Å². The van der Waals surface area contributed by atoms with Crippen LogP contribution in [0.2, 0.25) is 0 Å². The molecule has 0 saturated carbocycles. The predicted molar refractivity (Wildman–Crippen MR) is 31.8 cm³/mol. The molecule has 4 heteroatoms. The third kappa shape index (κ3) is 6.21. The van der Waals surface area contributed by atoms with E-state index in [9.17, 15) is 4.79 Å². The van der Waals surface area contributed by atoms with Crippen LogP contribution in [0.15, 0.2) is 0 Å². The molecule has 0 N–H and O–H groups in total. The van der Waals surface area contributed by atoms with Crippen molar-refractivity contribution < 1.29 is 9.53 Å². The van der Waals surface area contributed by atoms with Crippen LogP contribution in [-0.2, 0) is 9.53 Å². The fourth-order valence-corrected chi connectivity index (χ4v) is 0.265. The Bertz CT molecular complexity index is 76.6. The summed E-state index contributed by atoms with van der Waals surface area (Å²) < 4.78 is 3.22. The van der Waals surface area contributed by atoms with E-state index in [0.29, 0.717) is 0 Å². The van der Waals surface area contributed by atoms with E-state index >= 15 is 0 Å². The van der Waals surface area contributed by atoms with Crippen molar-refractivity contribution in [3.63, 3.8) is 0 Å². The van der Waals surface area contributed by atoms with Crippen molar-refractivity contribution in [3.05, 3.63) is 0 Å².